The lowest BCUT2D eigenvalue weighted by Gasteiger charge is -2.09. The molecule has 1 aromatic carbocycles. The van der Waals surface area contributed by atoms with Crippen LogP contribution in [0.1, 0.15) is 27.2 Å². The maximum absolute atomic E-state index is 12.6. The van der Waals surface area contributed by atoms with E-state index in [0.717, 1.165) is 29.5 Å². The zero-order valence-corrected chi connectivity index (χ0v) is 11.5. The highest BCUT2D eigenvalue weighted by atomic mass is 19.4. The molecule has 1 amide bonds. The van der Waals surface area contributed by atoms with Crippen LogP contribution in [0.4, 0.5) is 18.9 Å². The van der Waals surface area contributed by atoms with Gasteiger partial charge < -0.3 is 5.32 Å². The molecule has 0 atom stereocenters. The molecule has 1 N–H and O–H groups in total. The van der Waals surface area contributed by atoms with E-state index in [4.69, 9.17) is 0 Å². The van der Waals surface area contributed by atoms with Crippen molar-refractivity contribution in [3.05, 3.63) is 58.9 Å². The molecule has 1 aromatic heterocycles. The van der Waals surface area contributed by atoms with Crippen molar-refractivity contribution < 1.29 is 18.0 Å². The van der Waals surface area contributed by atoms with Gasteiger partial charge in [-0.1, -0.05) is 6.07 Å². The number of alkyl halides is 3. The van der Waals surface area contributed by atoms with Gasteiger partial charge in [-0.05, 0) is 49.2 Å². The molecule has 21 heavy (non-hydrogen) atoms. The Bertz CT molecular complexity index is 681. The number of carbonyl (C=O) groups is 1. The van der Waals surface area contributed by atoms with E-state index >= 15 is 0 Å². The first-order chi connectivity index (χ1) is 9.77. The second kappa shape index (κ2) is 5.55. The van der Waals surface area contributed by atoms with Crippen LogP contribution in [-0.4, -0.2) is 10.9 Å². The van der Waals surface area contributed by atoms with Crippen LogP contribution in [0.15, 0.2) is 36.5 Å². The number of pyridine rings is 1. The second-order valence-corrected chi connectivity index (χ2v) is 4.68. The van der Waals surface area contributed by atoms with Gasteiger partial charge in [-0.3, -0.25) is 9.78 Å². The summed E-state index contributed by atoms with van der Waals surface area (Å²) in [5.41, 5.74) is 1.38. The van der Waals surface area contributed by atoms with Crippen LogP contribution < -0.4 is 5.32 Å². The van der Waals surface area contributed by atoms with E-state index in [9.17, 15) is 18.0 Å². The van der Waals surface area contributed by atoms with E-state index in [2.05, 4.69) is 10.3 Å². The third kappa shape index (κ3) is 3.59. The van der Waals surface area contributed by atoms with Crippen molar-refractivity contribution in [2.75, 3.05) is 5.32 Å². The number of benzene rings is 1. The Morgan fingerprint density at radius 2 is 1.81 bits per heavy atom. The van der Waals surface area contributed by atoms with Gasteiger partial charge in [0.05, 0.1) is 5.56 Å². The van der Waals surface area contributed by atoms with Crippen LogP contribution in [0, 0.1) is 13.8 Å². The molecular weight excluding hydrogens is 281 g/mol. The number of rotatable bonds is 2. The molecule has 3 nitrogen and oxygen atoms in total. The lowest BCUT2D eigenvalue weighted by Crippen LogP contribution is -2.15. The molecule has 0 fully saturated rings. The summed E-state index contributed by atoms with van der Waals surface area (Å²) < 4.78 is 37.8. The normalized spacial score (nSPS) is 11.3. The van der Waals surface area contributed by atoms with Crippen LogP contribution in [0.25, 0.3) is 0 Å². The molecule has 0 bridgehead atoms. The minimum atomic E-state index is -4.50. The minimum absolute atomic E-state index is 0.275. The molecule has 1 heterocycles. The maximum Gasteiger partial charge on any atom is 0.416 e. The van der Waals surface area contributed by atoms with E-state index < -0.39 is 17.6 Å². The number of amides is 1. The quantitative estimate of drug-likeness (QED) is 0.910. The largest absolute Gasteiger partial charge is 0.416 e. The first kappa shape index (κ1) is 15.0. The van der Waals surface area contributed by atoms with Gasteiger partial charge in [0.2, 0.25) is 0 Å². The van der Waals surface area contributed by atoms with Crippen LogP contribution >= 0.6 is 0 Å². The molecule has 0 aliphatic rings. The number of aryl methyl sites for hydroxylation is 2. The van der Waals surface area contributed by atoms with Crippen molar-refractivity contribution in [1.29, 1.82) is 0 Å². The fourth-order valence-corrected chi connectivity index (χ4v) is 1.75. The van der Waals surface area contributed by atoms with E-state index in [0.29, 0.717) is 5.69 Å². The minimum Gasteiger partial charge on any atom is -0.321 e. The molecule has 0 saturated carbocycles. The van der Waals surface area contributed by atoms with E-state index in [1.165, 1.54) is 0 Å². The van der Waals surface area contributed by atoms with Gasteiger partial charge in [0.1, 0.15) is 5.69 Å². The Hall–Kier alpha value is -2.37. The van der Waals surface area contributed by atoms with Gasteiger partial charge in [-0.15, -0.1) is 0 Å². The number of carbonyl (C=O) groups excluding carboxylic acids is 1. The highest BCUT2D eigenvalue weighted by molar-refractivity contribution is 6.03. The third-order valence-electron chi connectivity index (χ3n) is 3.08. The first-order valence-corrected chi connectivity index (χ1v) is 6.19. The Balaban J connectivity index is 2.22. The summed E-state index contributed by atoms with van der Waals surface area (Å²) in [7, 11) is 0. The Morgan fingerprint density at radius 3 is 2.43 bits per heavy atom. The highest BCUT2D eigenvalue weighted by Gasteiger charge is 2.31. The fraction of sp³-hybridized carbons (Fsp3) is 0.200. The van der Waals surface area contributed by atoms with E-state index in [1.807, 2.05) is 19.9 Å². The smallest absolute Gasteiger partial charge is 0.321 e. The maximum atomic E-state index is 12.6. The van der Waals surface area contributed by atoms with Gasteiger partial charge >= 0.3 is 6.18 Å². The number of aromatic nitrogens is 1. The molecule has 0 radical (unpaired) electrons. The average molecular weight is 294 g/mol. The molecule has 6 heteroatoms. The molecule has 2 rings (SSSR count). The molecule has 0 saturated heterocycles. The lowest BCUT2D eigenvalue weighted by atomic mass is 10.1. The lowest BCUT2D eigenvalue weighted by molar-refractivity contribution is -0.137. The number of hydrogen-bond donors (Lipinski definition) is 1. The number of anilines is 1. The summed E-state index contributed by atoms with van der Waals surface area (Å²) in [5.74, 6) is -0.677. The van der Waals surface area contributed by atoms with Crippen molar-refractivity contribution >= 4 is 11.6 Å². The number of nitrogens with one attached hydrogen (secondary N) is 1. The van der Waals surface area contributed by atoms with Gasteiger partial charge in [0.25, 0.3) is 5.91 Å². The van der Waals surface area contributed by atoms with Crippen LogP contribution in [0.2, 0.25) is 0 Å². The zero-order valence-electron chi connectivity index (χ0n) is 11.5. The summed E-state index contributed by atoms with van der Waals surface area (Å²) in [4.78, 5) is 15.6. The van der Waals surface area contributed by atoms with Crippen LogP contribution in [-0.2, 0) is 6.18 Å². The standard InChI is InChI=1S/C15H13F3N2O/c1-9-3-4-12(7-10(9)2)20-14(21)13-8-11(5-6-19-13)15(16,17)18/h3-8H,1-2H3,(H,20,21). The van der Waals surface area contributed by atoms with Gasteiger partial charge in [-0.2, -0.15) is 13.2 Å². The van der Waals surface area contributed by atoms with Gasteiger partial charge in [-0.25, -0.2) is 0 Å². The zero-order chi connectivity index (χ0) is 15.6. The first-order valence-electron chi connectivity index (χ1n) is 6.19. The Labute approximate surface area is 119 Å². The van der Waals surface area contributed by atoms with Crippen LogP contribution in [0.3, 0.4) is 0 Å². The molecule has 2 aromatic rings. The Kier molecular flexibility index (Phi) is 3.97. The topological polar surface area (TPSA) is 42.0 Å². The predicted octanol–water partition coefficient (Wildman–Crippen LogP) is 3.97. The summed E-state index contributed by atoms with van der Waals surface area (Å²) in [5, 5.41) is 2.54. The summed E-state index contributed by atoms with van der Waals surface area (Å²) >= 11 is 0. The summed E-state index contributed by atoms with van der Waals surface area (Å²) in [6.45, 7) is 3.81. The van der Waals surface area contributed by atoms with Crippen molar-refractivity contribution in [3.8, 4) is 0 Å². The number of halogens is 3. The van der Waals surface area contributed by atoms with E-state index in [1.54, 1.807) is 12.1 Å². The molecule has 0 spiro atoms. The Morgan fingerprint density at radius 1 is 1.10 bits per heavy atom. The van der Waals surface area contributed by atoms with Crippen molar-refractivity contribution in [3.63, 3.8) is 0 Å². The van der Waals surface area contributed by atoms with E-state index in [-0.39, 0.29) is 5.69 Å². The fourth-order valence-electron chi connectivity index (χ4n) is 1.75. The third-order valence-corrected chi connectivity index (χ3v) is 3.08. The van der Waals surface area contributed by atoms with Gasteiger partial charge in [0, 0.05) is 11.9 Å². The monoisotopic (exact) mass is 294 g/mol. The molecule has 0 aliphatic heterocycles. The number of nitrogens with zero attached hydrogens (tertiary/aromatic N) is 1. The molecule has 0 unspecified atom stereocenters. The number of hydrogen-bond acceptors (Lipinski definition) is 2. The van der Waals surface area contributed by atoms with Crippen molar-refractivity contribution in [1.82, 2.24) is 4.98 Å². The summed E-state index contributed by atoms with van der Waals surface area (Å²) in [6.07, 6.45) is -3.53. The van der Waals surface area contributed by atoms with Crippen molar-refractivity contribution in [2.24, 2.45) is 0 Å². The van der Waals surface area contributed by atoms with Gasteiger partial charge in [0.15, 0.2) is 0 Å². The molecule has 0 aliphatic carbocycles. The summed E-state index contributed by atoms with van der Waals surface area (Å²) in [6, 6.07) is 6.82. The SMILES string of the molecule is Cc1ccc(NC(=O)c2cc(C(F)(F)F)ccn2)cc1C. The second-order valence-electron chi connectivity index (χ2n) is 4.68. The predicted molar refractivity (Wildman–Crippen MR) is 73.1 cm³/mol. The average Bonchev–Trinajstić information content (AvgIpc) is 2.42. The van der Waals surface area contributed by atoms with Crippen molar-refractivity contribution in [2.45, 2.75) is 20.0 Å². The van der Waals surface area contributed by atoms with Crippen LogP contribution in [0.5, 0.6) is 0 Å². The molecular formula is C15H13F3N2O. The highest BCUT2D eigenvalue weighted by Crippen LogP contribution is 2.29. The molecule has 110 valence electrons.